The van der Waals surface area contributed by atoms with Crippen molar-refractivity contribution >= 4 is 5.97 Å². The number of carboxylic acids is 1. The van der Waals surface area contributed by atoms with Gasteiger partial charge < -0.3 is 46.6 Å². The van der Waals surface area contributed by atoms with Gasteiger partial charge in [-0.05, 0) is 0 Å². The number of nitrogens with two attached hydrogens (primary N) is 1. The Hall–Kier alpha value is -2.43. The number of aliphatic hydroxyl groups is 2. The van der Waals surface area contributed by atoms with Crippen LogP contribution in [0.1, 0.15) is 5.56 Å². The van der Waals surface area contributed by atoms with Gasteiger partial charge in [-0.2, -0.15) is 0 Å². The molecule has 0 aromatic heterocycles. The Morgan fingerprint density at radius 1 is 0.895 bits per heavy atom. The maximum atomic E-state index is 10.6. The van der Waals surface area contributed by atoms with Crippen LogP contribution in [0.5, 0.6) is 28.7 Å². The van der Waals surface area contributed by atoms with Crippen molar-refractivity contribution in [3.05, 3.63) is 5.56 Å². The third-order valence-corrected chi connectivity index (χ3v) is 2.44. The fraction of sp³-hybridized carbons (Fsp3) is 0.222. The summed E-state index contributed by atoms with van der Waals surface area (Å²) in [6.45, 7) is 0. The molecule has 0 radical (unpaired) electrons. The topological polar surface area (TPSA) is 205 Å². The van der Waals surface area contributed by atoms with Crippen LogP contribution in [0.25, 0.3) is 0 Å². The number of phenolic OH excluding ortho intramolecular Hbond substituents is 5. The van der Waals surface area contributed by atoms with Crippen molar-refractivity contribution in [2.75, 3.05) is 0 Å². The number of rotatable bonds is 3. The summed E-state index contributed by atoms with van der Waals surface area (Å²) >= 11 is 0. The highest BCUT2D eigenvalue weighted by molar-refractivity contribution is 5.77. The number of hydrogen-bond donors (Lipinski definition) is 9. The minimum absolute atomic E-state index is 1.33. The third-order valence-electron chi connectivity index (χ3n) is 2.44. The normalized spacial score (nSPS) is 13.2. The monoisotopic (exact) mass is 277 g/mol. The molecule has 1 aromatic carbocycles. The summed E-state index contributed by atoms with van der Waals surface area (Å²) in [7, 11) is 0. The molecule has 0 saturated carbocycles. The van der Waals surface area contributed by atoms with E-state index in [-0.39, 0.29) is 0 Å². The molecule has 1 rings (SSSR count). The molecule has 19 heavy (non-hydrogen) atoms. The van der Waals surface area contributed by atoms with E-state index in [1.165, 1.54) is 0 Å². The molecule has 1 unspecified atom stereocenters. The number of phenols is 5. The molecular weight excluding hydrogens is 266 g/mol. The van der Waals surface area contributed by atoms with Crippen molar-refractivity contribution in [2.24, 2.45) is 5.73 Å². The number of benzene rings is 1. The van der Waals surface area contributed by atoms with Crippen LogP contribution in [0, 0.1) is 0 Å². The van der Waals surface area contributed by atoms with E-state index in [4.69, 9.17) is 15.9 Å². The molecule has 0 spiro atoms. The van der Waals surface area contributed by atoms with Gasteiger partial charge in [-0.15, -0.1) is 0 Å². The molecule has 106 valence electrons. The second-order valence-corrected chi connectivity index (χ2v) is 3.66. The number of hydrogen-bond acceptors (Lipinski definition) is 9. The predicted molar refractivity (Wildman–Crippen MR) is 56.5 cm³/mol. The van der Waals surface area contributed by atoms with Gasteiger partial charge >= 0.3 is 5.97 Å². The minimum Gasteiger partial charge on any atom is -0.504 e. The zero-order valence-corrected chi connectivity index (χ0v) is 9.14. The quantitative estimate of drug-likeness (QED) is 0.165. The maximum absolute atomic E-state index is 10.6. The van der Waals surface area contributed by atoms with Gasteiger partial charge in [0.1, 0.15) is 5.56 Å². The number of aliphatic carboxylic acids is 1. The minimum atomic E-state index is -3.53. The largest absolute Gasteiger partial charge is 0.504 e. The van der Waals surface area contributed by atoms with Crippen molar-refractivity contribution in [1.29, 1.82) is 0 Å². The molecule has 0 aliphatic heterocycles. The summed E-state index contributed by atoms with van der Waals surface area (Å²) in [6.07, 6.45) is 0. The SMILES string of the molecule is NC(C(=O)O)C(O)(O)c1c(O)c(O)c(O)c(O)c1O. The fourth-order valence-electron chi connectivity index (χ4n) is 1.36. The molecule has 0 aliphatic carbocycles. The lowest BCUT2D eigenvalue weighted by Gasteiger charge is -2.27. The Morgan fingerprint density at radius 2 is 1.21 bits per heavy atom. The Morgan fingerprint density at radius 3 is 1.53 bits per heavy atom. The highest BCUT2D eigenvalue weighted by Gasteiger charge is 2.45. The van der Waals surface area contributed by atoms with Crippen LogP contribution in [-0.4, -0.2) is 52.9 Å². The van der Waals surface area contributed by atoms with Gasteiger partial charge in [-0.3, -0.25) is 4.79 Å². The predicted octanol–water partition coefficient (Wildman–Crippen LogP) is -2.24. The van der Waals surface area contributed by atoms with Gasteiger partial charge in [0.05, 0.1) is 0 Å². The zero-order valence-electron chi connectivity index (χ0n) is 9.14. The first-order chi connectivity index (χ1) is 8.53. The average molecular weight is 277 g/mol. The lowest BCUT2D eigenvalue weighted by atomic mass is 9.95. The second-order valence-electron chi connectivity index (χ2n) is 3.66. The molecule has 0 amide bonds. The van der Waals surface area contributed by atoms with Crippen LogP contribution >= 0.6 is 0 Å². The molecule has 0 bridgehead atoms. The molecular formula is C9H11NO9. The Bertz CT molecular complexity index is 510. The van der Waals surface area contributed by atoms with Gasteiger partial charge in [0, 0.05) is 0 Å². The number of carbonyl (C=O) groups is 1. The molecule has 0 saturated heterocycles. The maximum Gasteiger partial charge on any atom is 0.326 e. The van der Waals surface area contributed by atoms with E-state index in [0.717, 1.165) is 0 Å². The summed E-state index contributed by atoms with van der Waals surface area (Å²) in [5.41, 5.74) is 3.59. The lowest BCUT2D eigenvalue weighted by Crippen LogP contribution is -2.50. The summed E-state index contributed by atoms with van der Waals surface area (Å²) in [4.78, 5) is 10.6. The highest BCUT2D eigenvalue weighted by Crippen LogP contribution is 2.53. The summed E-state index contributed by atoms with van der Waals surface area (Å²) in [5.74, 6) is -12.5. The molecule has 10 N–H and O–H groups in total. The Kier molecular flexibility index (Phi) is 3.35. The van der Waals surface area contributed by atoms with Crippen LogP contribution in [0.4, 0.5) is 0 Å². The molecule has 1 aromatic rings. The van der Waals surface area contributed by atoms with Crippen LogP contribution in [0.3, 0.4) is 0 Å². The van der Waals surface area contributed by atoms with Gasteiger partial charge in [0.25, 0.3) is 0 Å². The molecule has 10 heteroatoms. The van der Waals surface area contributed by atoms with Crippen molar-refractivity contribution in [3.63, 3.8) is 0 Å². The molecule has 0 heterocycles. The van der Waals surface area contributed by atoms with E-state index >= 15 is 0 Å². The molecule has 10 nitrogen and oxygen atoms in total. The first-order valence-corrected chi connectivity index (χ1v) is 4.65. The van der Waals surface area contributed by atoms with E-state index < -0.39 is 52.1 Å². The van der Waals surface area contributed by atoms with E-state index in [1.54, 1.807) is 0 Å². The first-order valence-electron chi connectivity index (χ1n) is 4.65. The summed E-state index contributed by atoms with van der Waals surface area (Å²) in [6, 6.07) is -2.42. The molecule has 0 fully saturated rings. The van der Waals surface area contributed by atoms with Gasteiger partial charge in [-0.1, -0.05) is 0 Å². The van der Waals surface area contributed by atoms with Crippen molar-refractivity contribution in [2.45, 2.75) is 11.8 Å². The fourth-order valence-corrected chi connectivity index (χ4v) is 1.36. The van der Waals surface area contributed by atoms with Crippen LogP contribution in [0.2, 0.25) is 0 Å². The van der Waals surface area contributed by atoms with Gasteiger partial charge in [0.2, 0.25) is 23.0 Å². The van der Waals surface area contributed by atoms with Crippen LogP contribution < -0.4 is 5.73 Å². The molecule has 1 atom stereocenters. The number of carboxylic acid groups (broad SMARTS) is 1. The van der Waals surface area contributed by atoms with Crippen molar-refractivity contribution in [3.8, 4) is 28.7 Å². The van der Waals surface area contributed by atoms with E-state index in [9.17, 15) is 35.4 Å². The Labute approximate surface area is 104 Å². The van der Waals surface area contributed by atoms with Crippen LogP contribution in [-0.2, 0) is 10.6 Å². The summed E-state index contributed by atoms with van der Waals surface area (Å²) in [5, 5.41) is 73.9. The van der Waals surface area contributed by atoms with E-state index in [0.29, 0.717) is 0 Å². The summed E-state index contributed by atoms with van der Waals surface area (Å²) < 4.78 is 0. The average Bonchev–Trinajstić information content (AvgIpc) is 2.32. The van der Waals surface area contributed by atoms with Gasteiger partial charge in [0.15, 0.2) is 17.5 Å². The van der Waals surface area contributed by atoms with Crippen LogP contribution in [0.15, 0.2) is 0 Å². The van der Waals surface area contributed by atoms with Crippen molar-refractivity contribution in [1.82, 2.24) is 0 Å². The second kappa shape index (κ2) is 4.35. The third kappa shape index (κ3) is 2.03. The van der Waals surface area contributed by atoms with Gasteiger partial charge in [-0.25, -0.2) is 0 Å². The number of aromatic hydroxyl groups is 5. The molecule has 0 aliphatic rings. The van der Waals surface area contributed by atoms with E-state index in [1.807, 2.05) is 0 Å². The van der Waals surface area contributed by atoms with E-state index in [2.05, 4.69) is 0 Å². The smallest absolute Gasteiger partial charge is 0.326 e. The lowest BCUT2D eigenvalue weighted by molar-refractivity contribution is -0.198. The highest BCUT2D eigenvalue weighted by atomic mass is 16.5. The zero-order chi connectivity index (χ0) is 15.1. The van der Waals surface area contributed by atoms with Crippen molar-refractivity contribution < 1.29 is 45.6 Å². The first kappa shape index (κ1) is 14.6. The standard InChI is InChI=1S/C9H11NO9/c10-7(8(16)17)9(18,19)1-2(11)4(13)6(15)5(14)3(1)12/h7,11-15,18-19H,10H2,(H,16,17). The Balaban J connectivity index is 3.64.